The third-order valence-electron chi connectivity index (χ3n) is 4.88. The molecule has 2 heteroatoms. The number of rotatable bonds is 12. The van der Waals surface area contributed by atoms with E-state index in [4.69, 9.17) is 0 Å². The molecule has 0 aliphatic carbocycles. The molecule has 1 aromatic carbocycles. The molecule has 1 aromatic rings. The fraction of sp³-hybridized carbons (Fsp3) is 0.739. The van der Waals surface area contributed by atoms with Crippen molar-refractivity contribution in [3.63, 3.8) is 0 Å². The summed E-state index contributed by atoms with van der Waals surface area (Å²) in [5, 5.41) is 0. The second-order valence-electron chi connectivity index (χ2n) is 7.30. The molecule has 25 heavy (non-hydrogen) atoms. The number of nitrogens with zero attached hydrogens (tertiary/aromatic N) is 1. The number of hydrogen-bond acceptors (Lipinski definition) is 0. The lowest BCUT2D eigenvalue weighted by atomic mass is 10.1. The van der Waals surface area contributed by atoms with E-state index in [1.165, 1.54) is 87.6 Å². The summed E-state index contributed by atoms with van der Waals surface area (Å²) in [7, 11) is 0. The molecule has 0 bridgehead atoms. The van der Waals surface area contributed by atoms with Gasteiger partial charge in [0.1, 0.15) is 0 Å². The van der Waals surface area contributed by atoms with Gasteiger partial charge in [-0.2, -0.15) is 0 Å². The van der Waals surface area contributed by atoms with Gasteiger partial charge in [-0.1, -0.05) is 89.3 Å². The van der Waals surface area contributed by atoms with Crippen LogP contribution in [0.5, 0.6) is 0 Å². The second-order valence-corrected chi connectivity index (χ2v) is 7.30. The predicted octanol–water partition coefficient (Wildman–Crippen LogP) is 4.00. The standard InChI is InChI=1S/C16H36N.C7H8.HI/c1-5-9-13-17(14-10-6-2,15-11-7-3)16-12-8-4;1-7-5-3-2-4-6-7;/h5-16H2,1-4H3;2-6H,1H3;1H/q+1;;/p-1. The van der Waals surface area contributed by atoms with Crippen molar-refractivity contribution in [1.82, 2.24) is 0 Å². The molecule has 0 saturated heterocycles. The van der Waals surface area contributed by atoms with Crippen LogP contribution in [0.3, 0.4) is 0 Å². The molecule has 0 amide bonds. The maximum absolute atomic E-state index is 2.33. The Morgan fingerprint density at radius 3 is 1.12 bits per heavy atom. The van der Waals surface area contributed by atoms with Crippen molar-refractivity contribution in [1.29, 1.82) is 0 Å². The van der Waals surface area contributed by atoms with E-state index in [-0.39, 0.29) is 24.0 Å². The molecule has 0 aromatic heterocycles. The topological polar surface area (TPSA) is 0 Å². The van der Waals surface area contributed by atoms with Gasteiger partial charge in [-0.25, -0.2) is 0 Å². The normalized spacial score (nSPS) is 10.6. The van der Waals surface area contributed by atoms with Crippen LogP contribution in [0.4, 0.5) is 0 Å². The lowest BCUT2D eigenvalue weighted by Crippen LogP contribution is -3.00. The Bertz CT molecular complexity index is 326. The minimum absolute atomic E-state index is 0. The largest absolute Gasteiger partial charge is 1.00 e. The van der Waals surface area contributed by atoms with E-state index in [1.54, 1.807) is 0 Å². The van der Waals surface area contributed by atoms with Gasteiger partial charge in [-0.05, 0) is 32.6 Å². The fourth-order valence-corrected chi connectivity index (χ4v) is 3.18. The van der Waals surface area contributed by atoms with E-state index in [0.717, 1.165) is 0 Å². The van der Waals surface area contributed by atoms with Crippen molar-refractivity contribution in [3.05, 3.63) is 35.9 Å². The summed E-state index contributed by atoms with van der Waals surface area (Å²) < 4.78 is 1.42. The van der Waals surface area contributed by atoms with Crippen molar-refractivity contribution >= 4 is 0 Å². The summed E-state index contributed by atoms with van der Waals surface area (Å²) in [5.74, 6) is 0. The van der Waals surface area contributed by atoms with Crippen LogP contribution in [0.15, 0.2) is 30.3 Å². The monoisotopic (exact) mass is 461 g/mol. The van der Waals surface area contributed by atoms with Gasteiger partial charge < -0.3 is 28.5 Å². The Balaban J connectivity index is 0. The Kier molecular flexibility index (Phi) is 20.3. The minimum atomic E-state index is 0. The third kappa shape index (κ3) is 14.7. The highest BCUT2D eigenvalue weighted by molar-refractivity contribution is 5.11. The van der Waals surface area contributed by atoms with E-state index >= 15 is 0 Å². The molecule has 0 radical (unpaired) electrons. The van der Waals surface area contributed by atoms with Gasteiger partial charge in [0, 0.05) is 0 Å². The van der Waals surface area contributed by atoms with E-state index in [1.807, 2.05) is 18.2 Å². The summed E-state index contributed by atoms with van der Waals surface area (Å²) >= 11 is 0. The molecular weight excluding hydrogens is 417 g/mol. The van der Waals surface area contributed by atoms with Crippen LogP contribution in [0.1, 0.15) is 84.6 Å². The van der Waals surface area contributed by atoms with Crippen LogP contribution >= 0.6 is 0 Å². The van der Waals surface area contributed by atoms with Gasteiger partial charge in [-0.15, -0.1) is 0 Å². The highest BCUT2D eigenvalue weighted by atomic mass is 127. The van der Waals surface area contributed by atoms with Crippen molar-refractivity contribution in [2.75, 3.05) is 26.2 Å². The van der Waals surface area contributed by atoms with Gasteiger partial charge in [0.05, 0.1) is 26.2 Å². The van der Waals surface area contributed by atoms with E-state index in [9.17, 15) is 0 Å². The zero-order valence-corrected chi connectivity index (χ0v) is 19.9. The van der Waals surface area contributed by atoms with Crippen molar-refractivity contribution in [2.24, 2.45) is 0 Å². The quantitative estimate of drug-likeness (QED) is 0.326. The first-order chi connectivity index (χ1) is 11.6. The Morgan fingerprint density at radius 1 is 0.600 bits per heavy atom. The summed E-state index contributed by atoms with van der Waals surface area (Å²) in [6.45, 7) is 17.1. The summed E-state index contributed by atoms with van der Waals surface area (Å²) in [4.78, 5) is 0. The molecule has 0 fully saturated rings. The van der Waals surface area contributed by atoms with Gasteiger partial charge in [0.2, 0.25) is 0 Å². The number of halogens is 1. The van der Waals surface area contributed by atoms with Crippen LogP contribution in [-0.4, -0.2) is 30.7 Å². The van der Waals surface area contributed by atoms with Crippen LogP contribution in [0.2, 0.25) is 0 Å². The zero-order chi connectivity index (χ0) is 18.1. The average molecular weight is 462 g/mol. The molecule has 0 aliphatic heterocycles. The number of benzene rings is 1. The van der Waals surface area contributed by atoms with Gasteiger partial charge in [0.25, 0.3) is 0 Å². The number of hydrogen-bond donors (Lipinski definition) is 0. The molecular formula is C23H44IN. The molecule has 1 rings (SSSR count). The third-order valence-corrected chi connectivity index (χ3v) is 4.88. The van der Waals surface area contributed by atoms with E-state index in [0.29, 0.717) is 0 Å². The molecule has 1 nitrogen and oxygen atoms in total. The number of unbranched alkanes of at least 4 members (excludes halogenated alkanes) is 4. The Morgan fingerprint density at radius 2 is 0.920 bits per heavy atom. The summed E-state index contributed by atoms with van der Waals surface area (Å²) in [5.41, 5.74) is 1.32. The lowest BCUT2D eigenvalue weighted by molar-refractivity contribution is -0.929. The van der Waals surface area contributed by atoms with Crippen molar-refractivity contribution < 1.29 is 28.5 Å². The van der Waals surface area contributed by atoms with E-state index in [2.05, 4.69) is 46.8 Å². The molecule has 0 heterocycles. The highest BCUT2D eigenvalue weighted by Crippen LogP contribution is 2.16. The van der Waals surface area contributed by atoms with E-state index < -0.39 is 0 Å². The molecule has 0 spiro atoms. The minimum Gasteiger partial charge on any atom is -1.00 e. The zero-order valence-electron chi connectivity index (χ0n) is 17.7. The maximum atomic E-state index is 2.33. The fourth-order valence-electron chi connectivity index (χ4n) is 3.18. The van der Waals surface area contributed by atoms with Gasteiger partial charge >= 0.3 is 0 Å². The lowest BCUT2D eigenvalue weighted by Gasteiger charge is -2.39. The highest BCUT2D eigenvalue weighted by Gasteiger charge is 2.24. The summed E-state index contributed by atoms with van der Waals surface area (Å²) in [6, 6.07) is 10.3. The number of quaternary nitrogens is 1. The summed E-state index contributed by atoms with van der Waals surface area (Å²) in [6.07, 6.45) is 11.1. The van der Waals surface area contributed by atoms with Crippen molar-refractivity contribution in [2.45, 2.75) is 86.0 Å². The first-order valence-corrected chi connectivity index (χ1v) is 10.5. The van der Waals surface area contributed by atoms with Gasteiger partial charge in [0.15, 0.2) is 0 Å². The van der Waals surface area contributed by atoms with Crippen molar-refractivity contribution in [3.8, 4) is 0 Å². The predicted molar refractivity (Wildman–Crippen MR) is 111 cm³/mol. The molecule has 0 N–H and O–H groups in total. The molecule has 148 valence electrons. The number of aryl methyl sites for hydroxylation is 1. The van der Waals surface area contributed by atoms with Crippen LogP contribution < -0.4 is 24.0 Å². The van der Waals surface area contributed by atoms with Crippen LogP contribution in [-0.2, 0) is 0 Å². The smallest absolute Gasteiger partial charge is 0.0786 e. The molecule has 0 aliphatic rings. The van der Waals surface area contributed by atoms with Gasteiger partial charge in [-0.3, -0.25) is 0 Å². The first kappa shape index (κ1) is 27.1. The SMILES string of the molecule is CCCC[N+](CCCC)(CCCC)CCCC.Cc1ccccc1.[I-]. The Labute approximate surface area is 176 Å². The maximum Gasteiger partial charge on any atom is 0.0786 e. The second kappa shape index (κ2) is 18.7. The molecule has 0 saturated carbocycles. The molecule has 0 atom stereocenters. The molecule has 0 unspecified atom stereocenters. The van der Waals surface area contributed by atoms with Crippen LogP contribution in [0.25, 0.3) is 0 Å². The first-order valence-electron chi connectivity index (χ1n) is 10.5. The average Bonchev–Trinajstić information content (AvgIpc) is 2.62. The Hall–Kier alpha value is -0.0900. The van der Waals surface area contributed by atoms with Crippen LogP contribution in [0, 0.1) is 6.92 Å².